The Morgan fingerprint density at radius 1 is 1.06 bits per heavy atom. The molecule has 0 atom stereocenters. The number of hydrogen-bond donors (Lipinski definition) is 1. The van der Waals surface area contributed by atoms with Gasteiger partial charge in [0.2, 0.25) is 0 Å². The molecule has 1 rings (SSSR count). The fourth-order valence-corrected chi connectivity index (χ4v) is 1.34. The Morgan fingerprint density at radius 3 is 2.00 bits per heavy atom. The van der Waals surface area contributed by atoms with E-state index in [9.17, 15) is 26.3 Å². The highest BCUT2D eigenvalue weighted by molar-refractivity contribution is 9.10. The van der Waals surface area contributed by atoms with E-state index in [1.165, 1.54) is 0 Å². The summed E-state index contributed by atoms with van der Waals surface area (Å²) in [5, 5.41) is 0. The number of alkyl halides is 6. The number of hydrogen-bond acceptors (Lipinski definition) is 2. The molecular formula is C8H4BrF6NO. The van der Waals surface area contributed by atoms with E-state index in [2.05, 4.69) is 20.7 Å². The maximum Gasteiger partial charge on any atom is 0.573 e. The van der Waals surface area contributed by atoms with Gasteiger partial charge in [-0.05, 0) is 22.0 Å². The molecule has 0 radical (unpaired) electrons. The summed E-state index contributed by atoms with van der Waals surface area (Å²) < 4.78 is 76.1. The number of nitrogen functional groups attached to an aromatic ring is 1. The highest BCUT2D eigenvalue weighted by atomic mass is 79.9. The van der Waals surface area contributed by atoms with Gasteiger partial charge in [-0.15, -0.1) is 13.2 Å². The second kappa shape index (κ2) is 4.28. The maximum absolute atomic E-state index is 12.4. The largest absolute Gasteiger partial charge is 0.573 e. The first kappa shape index (κ1) is 13.9. The van der Waals surface area contributed by atoms with Crippen molar-refractivity contribution in [3.05, 3.63) is 22.2 Å². The number of rotatable bonds is 1. The summed E-state index contributed by atoms with van der Waals surface area (Å²) in [6.07, 6.45) is -10.2. The minimum atomic E-state index is -5.22. The average Bonchev–Trinajstić information content (AvgIpc) is 2.06. The van der Waals surface area contributed by atoms with Crippen LogP contribution in [0.5, 0.6) is 5.75 Å². The zero-order chi connectivity index (χ0) is 13.4. The minimum Gasteiger partial charge on any atom is -0.405 e. The molecule has 0 aliphatic carbocycles. The molecule has 0 fully saturated rings. The van der Waals surface area contributed by atoms with Crippen LogP contribution in [0, 0.1) is 0 Å². The first-order chi connectivity index (χ1) is 7.50. The van der Waals surface area contributed by atoms with E-state index in [0.29, 0.717) is 12.1 Å². The second-order valence-corrected chi connectivity index (χ2v) is 3.77. The summed E-state index contributed by atoms with van der Waals surface area (Å²) in [5.41, 5.74) is 3.34. The molecular weight excluding hydrogens is 320 g/mol. The van der Waals surface area contributed by atoms with Crippen LogP contribution in [0.4, 0.5) is 32.0 Å². The van der Waals surface area contributed by atoms with Gasteiger partial charge in [0.25, 0.3) is 0 Å². The fraction of sp³-hybridized carbons (Fsp3) is 0.250. The van der Waals surface area contributed by atoms with Gasteiger partial charge in [-0.2, -0.15) is 13.2 Å². The molecule has 1 aromatic rings. The quantitative estimate of drug-likeness (QED) is 0.627. The Labute approximate surface area is 99.5 Å². The van der Waals surface area contributed by atoms with Gasteiger partial charge in [-0.1, -0.05) is 0 Å². The smallest absolute Gasteiger partial charge is 0.405 e. The van der Waals surface area contributed by atoms with Crippen molar-refractivity contribution in [1.29, 1.82) is 0 Å². The lowest BCUT2D eigenvalue weighted by Crippen LogP contribution is -2.20. The van der Waals surface area contributed by atoms with E-state index < -0.39 is 23.9 Å². The standard InChI is InChI=1S/C8H4BrF6NO/c9-4-1-3(7(10,11)12)6(2-5(4)16)17-8(13,14)15/h1-2H,16H2. The van der Waals surface area contributed by atoms with Crippen LogP contribution in [0.2, 0.25) is 0 Å². The third-order valence-corrected chi connectivity index (χ3v) is 2.32. The van der Waals surface area contributed by atoms with Crippen LogP contribution >= 0.6 is 15.9 Å². The normalized spacial score (nSPS) is 12.6. The molecule has 0 amide bonds. The zero-order valence-corrected chi connectivity index (χ0v) is 9.37. The van der Waals surface area contributed by atoms with Crippen molar-refractivity contribution >= 4 is 21.6 Å². The van der Waals surface area contributed by atoms with Gasteiger partial charge in [0, 0.05) is 16.2 Å². The first-order valence-electron chi connectivity index (χ1n) is 3.92. The number of anilines is 1. The lowest BCUT2D eigenvalue weighted by Gasteiger charge is -2.16. The third kappa shape index (κ3) is 3.69. The molecule has 0 aliphatic rings. The van der Waals surface area contributed by atoms with Crippen molar-refractivity contribution in [1.82, 2.24) is 0 Å². The summed E-state index contributed by atoms with van der Waals surface area (Å²) >= 11 is 2.69. The molecule has 0 bridgehead atoms. The predicted octanol–water partition coefficient (Wildman–Crippen LogP) is 3.95. The average molecular weight is 324 g/mol. The van der Waals surface area contributed by atoms with E-state index in [1.54, 1.807) is 0 Å². The molecule has 0 saturated heterocycles. The van der Waals surface area contributed by atoms with E-state index in [0.717, 1.165) is 0 Å². The summed E-state index contributed by atoms with van der Waals surface area (Å²) in [6, 6.07) is 0.886. The monoisotopic (exact) mass is 323 g/mol. The molecule has 0 aromatic heterocycles. The molecule has 0 spiro atoms. The zero-order valence-electron chi connectivity index (χ0n) is 7.79. The molecule has 0 heterocycles. The van der Waals surface area contributed by atoms with Crippen molar-refractivity contribution in [2.24, 2.45) is 0 Å². The van der Waals surface area contributed by atoms with Crippen molar-refractivity contribution < 1.29 is 31.1 Å². The summed E-state index contributed by atoms with van der Waals surface area (Å²) in [6.45, 7) is 0. The van der Waals surface area contributed by atoms with Gasteiger partial charge < -0.3 is 10.5 Å². The minimum absolute atomic E-state index is 0.167. The van der Waals surface area contributed by atoms with E-state index in [1.807, 2.05) is 0 Å². The van der Waals surface area contributed by atoms with E-state index in [4.69, 9.17) is 5.73 Å². The molecule has 17 heavy (non-hydrogen) atoms. The lowest BCUT2D eigenvalue weighted by molar-refractivity contribution is -0.276. The molecule has 0 unspecified atom stereocenters. The Balaban J connectivity index is 3.32. The topological polar surface area (TPSA) is 35.2 Å². The number of nitrogens with two attached hydrogens (primary N) is 1. The Bertz CT molecular complexity index is 427. The lowest BCUT2D eigenvalue weighted by atomic mass is 10.2. The Hall–Kier alpha value is -1.12. The highest BCUT2D eigenvalue weighted by Gasteiger charge is 2.39. The van der Waals surface area contributed by atoms with Crippen molar-refractivity contribution in [3.63, 3.8) is 0 Å². The molecule has 2 N–H and O–H groups in total. The maximum atomic E-state index is 12.4. The summed E-state index contributed by atoms with van der Waals surface area (Å²) in [5.74, 6) is -1.38. The van der Waals surface area contributed by atoms with Gasteiger partial charge in [-0.3, -0.25) is 0 Å². The van der Waals surface area contributed by atoms with Crippen molar-refractivity contribution in [3.8, 4) is 5.75 Å². The van der Waals surface area contributed by atoms with E-state index >= 15 is 0 Å². The van der Waals surface area contributed by atoms with Crippen LogP contribution in [0.15, 0.2) is 16.6 Å². The molecule has 1 aromatic carbocycles. The van der Waals surface area contributed by atoms with Gasteiger partial charge in [-0.25, -0.2) is 0 Å². The Kier molecular flexibility index (Phi) is 3.51. The summed E-state index contributed by atoms with van der Waals surface area (Å²) in [7, 11) is 0. The van der Waals surface area contributed by atoms with Crippen LogP contribution in [0.1, 0.15) is 5.56 Å². The van der Waals surface area contributed by atoms with Gasteiger partial charge >= 0.3 is 12.5 Å². The van der Waals surface area contributed by atoms with Gasteiger partial charge in [0.05, 0.1) is 5.56 Å². The summed E-state index contributed by atoms with van der Waals surface area (Å²) in [4.78, 5) is 0. The van der Waals surface area contributed by atoms with Crippen LogP contribution < -0.4 is 10.5 Å². The highest BCUT2D eigenvalue weighted by Crippen LogP contribution is 2.41. The predicted molar refractivity (Wildman–Crippen MR) is 50.2 cm³/mol. The third-order valence-electron chi connectivity index (χ3n) is 1.63. The molecule has 9 heteroatoms. The number of benzene rings is 1. The molecule has 0 saturated carbocycles. The van der Waals surface area contributed by atoms with E-state index in [-0.39, 0.29) is 10.2 Å². The van der Waals surface area contributed by atoms with Crippen LogP contribution in [0.25, 0.3) is 0 Å². The first-order valence-corrected chi connectivity index (χ1v) is 4.72. The van der Waals surface area contributed by atoms with Gasteiger partial charge in [0.15, 0.2) is 0 Å². The Morgan fingerprint density at radius 2 is 1.59 bits per heavy atom. The number of ether oxygens (including phenoxy) is 1. The SMILES string of the molecule is Nc1cc(OC(F)(F)F)c(C(F)(F)F)cc1Br. The van der Waals surface area contributed by atoms with Crippen LogP contribution in [-0.4, -0.2) is 6.36 Å². The van der Waals surface area contributed by atoms with Crippen molar-refractivity contribution in [2.45, 2.75) is 12.5 Å². The fourth-order valence-electron chi connectivity index (χ4n) is 1.000. The van der Waals surface area contributed by atoms with Gasteiger partial charge in [0.1, 0.15) is 5.75 Å². The molecule has 96 valence electrons. The van der Waals surface area contributed by atoms with Crippen LogP contribution in [0.3, 0.4) is 0 Å². The second-order valence-electron chi connectivity index (χ2n) is 2.92. The number of halogens is 7. The molecule has 0 aliphatic heterocycles. The molecule has 2 nitrogen and oxygen atoms in total. The van der Waals surface area contributed by atoms with Crippen LogP contribution in [-0.2, 0) is 6.18 Å². The van der Waals surface area contributed by atoms with Crippen molar-refractivity contribution in [2.75, 3.05) is 5.73 Å².